The second-order valence-corrected chi connectivity index (χ2v) is 7.48. The van der Waals surface area contributed by atoms with Crippen LogP contribution in [0.25, 0.3) is 0 Å². The van der Waals surface area contributed by atoms with Crippen LogP contribution in [0.2, 0.25) is 0 Å². The maximum atomic E-state index is 13.0. The van der Waals surface area contributed by atoms with E-state index in [1.165, 1.54) is 5.69 Å². The summed E-state index contributed by atoms with van der Waals surface area (Å²) in [5.74, 6) is -0.627. The molecule has 2 unspecified atom stereocenters. The average Bonchev–Trinajstić information content (AvgIpc) is 3.21. The first-order valence-corrected chi connectivity index (χ1v) is 10.1. The molecule has 0 aromatic heterocycles. The van der Waals surface area contributed by atoms with Crippen molar-refractivity contribution in [2.45, 2.75) is 51.4 Å². The molecule has 0 bridgehead atoms. The number of anilines is 1. The van der Waals surface area contributed by atoms with E-state index < -0.39 is 12.1 Å². The van der Waals surface area contributed by atoms with Crippen molar-refractivity contribution >= 4 is 35.6 Å². The number of nitrogens with zero attached hydrogens (tertiary/aromatic N) is 2. The Morgan fingerprint density at radius 2 is 1.83 bits per heavy atom. The van der Waals surface area contributed by atoms with E-state index in [0.29, 0.717) is 25.5 Å². The van der Waals surface area contributed by atoms with E-state index in [1.54, 1.807) is 0 Å². The molecule has 1 heterocycles. The monoisotopic (exact) mass is 522 g/mol. The second-order valence-electron chi connectivity index (χ2n) is 7.48. The van der Waals surface area contributed by atoms with Crippen LogP contribution in [-0.4, -0.2) is 37.8 Å². The molecule has 1 saturated carbocycles. The predicted molar refractivity (Wildman–Crippen MR) is 123 cm³/mol. The van der Waals surface area contributed by atoms with Crippen LogP contribution in [0.3, 0.4) is 0 Å². The Hall–Kier alpha value is -1.45. The lowest BCUT2D eigenvalue weighted by Crippen LogP contribution is -2.46. The molecule has 8 heteroatoms. The van der Waals surface area contributed by atoms with Crippen molar-refractivity contribution in [3.05, 3.63) is 42.0 Å². The Kier molecular flexibility index (Phi) is 9.10. The van der Waals surface area contributed by atoms with Crippen molar-refractivity contribution in [1.82, 2.24) is 10.6 Å². The van der Waals surface area contributed by atoms with E-state index in [1.807, 2.05) is 6.92 Å². The lowest BCUT2D eigenvalue weighted by atomic mass is 9.85. The highest BCUT2D eigenvalue weighted by atomic mass is 127. The smallest absolute Gasteiger partial charge is 0.364 e. The van der Waals surface area contributed by atoms with Gasteiger partial charge in [0.2, 0.25) is 0 Å². The number of nitrogens with one attached hydrogen (secondary N) is 2. The number of aliphatic imine (C=N–C) groups is 1. The molecule has 2 aliphatic rings. The minimum atomic E-state index is -4.11. The Morgan fingerprint density at radius 1 is 1.14 bits per heavy atom. The van der Waals surface area contributed by atoms with Crippen molar-refractivity contribution in [1.29, 1.82) is 0 Å². The zero-order valence-corrected chi connectivity index (χ0v) is 19.0. The van der Waals surface area contributed by atoms with Gasteiger partial charge in [-0.1, -0.05) is 30.7 Å². The van der Waals surface area contributed by atoms with Crippen LogP contribution in [0.4, 0.5) is 18.9 Å². The molecule has 0 amide bonds. The first-order valence-electron chi connectivity index (χ1n) is 10.1. The minimum Gasteiger partial charge on any atom is -0.364 e. The quantitative estimate of drug-likeness (QED) is 0.251. The van der Waals surface area contributed by atoms with E-state index in [-0.39, 0.29) is 42.9 Å². The molecule has 162 valence electrons. The zero-order valence-electron chi connectivity index (χ0n) is 16.7. The molecule has 1 aromatic rings. The number of halogens is 4. The Bertz CT molecular complexity index is 680. The minimum absolute atomic E-state index is 0. The third-order valence-corrected chi connectivity index (χ3v) is 5.36. The molecule has 1 aromatic carbocycles. The second kappa shape index (κ2) is 11.1. The highest BCUT2D eigenvalue weighted by Gasteiger charge is 2.42. The van der Waals surface area contributed by atoms with Crippen LogP contribution in [0.1, 0.15) is 38.2 Å². The highest BCUT2D eigenvalue weighted by Crippen LogP contribution is 2.37. The van der Waals surface area contributed by atoms with Gasteiger partial charge in [0.15, 0.2) is 5.96 Å². The summed E-state index contributed by atoms with van der Waals surface area (Å²) in [5.41, 5.74) is 2.26. The fourth-order valence-corrected chi connectivity index (χ4v) is 3.80. The molecular formula is C21H30F3IN4. The number of hydrogen-bond acceptors (Lipinski definition) is 2. The normalized spacial score (nSPS) is 22.3. The topological polar surface area (TPSA) is 39.7 Å². The largest absolute Gasteiger partial charge is 0.391 e. The van der Waals surface area contributed by atoms with Gasteiger partial charge in [-0.15, -0.1) is 24.0 Å². The van der Waals surface area contributed by atoms with Gasteiger partial charge in [-0.3, -0.25) is 0 Å². The maximum absolute atomic E-state index is 13.0. The highest BCUT2D eigenvalue weighted by molar-refractivity contribution is 14.0. The van der Waals surface area contributed by atoms with Gasteiger partial charge in [0.1, 0.15) is 0 Å². The average molecular weight is 522 g/mol. The van der Waals surface area contributed by atoms with Crippen molar-refractivity contribution in [2.75, 3.05) is 24.5 Å². The Labute approximate surface area is 188 Å². The van der Waals surface area contributed by atoms with E-state index in [4.69, 9.17) is 0 Å². The summed E-state index contributed by atoms with van der Waals surface area (Å²) in [5, 5.41) is 6.36. The third-order valence-electron chi connectivity index (χ3n) is 5.36. The SMILES string of the molecule is CCNC(=NCc1ccc(N2CC=CC2)cc1)NC1CCCC(C(F)(F)F)C1.I. The number of rotatable bonds is 5. The molecule has 4 nitrogen and oxygen atoms in total. The van der Waals surface area contributed by atoms with Gasteiger partial charge in [-0.05, 0) is 43.9 Å². The van der Waals surface area contributed by atoms with Crippen LogP contribution >= 0.6 is 24.0 Å². The van der Waals surface area contributed by atoms with Crippen LogP contribution in [0.5, 0.6) is 0 Å². The molecule has 1 aliphatic heterocycles. The van der Waals surface area contributed by atoms with Crippen LogP contribution < -0.4 is 15.5 Å². The van der Waals surface area contributed by atoms with E-state index in [9.17, 15) is 13.2 Å². The van der Waals surface area contributed by atoms with Crippen molar-refractivity contribution in [2.24, 2.45) is 10.9 Å². The fraction of sp³-hybridized carbons (Fsp3) is 0.571. The molecular weight excluding hydrogens is 492 g/mol. The standard InChI is InChI=1S/C21H29F3N4.HI/c1-2-25-20(27-18-7-5-6-17(14-18)21(22,23)24)26-15-16-8-10-19(11-9-16)28-12-3-4-13-28;/h3-4,8-11,17-18H,2,5-7,12-15H2,1H3,(H2,25,26,27);1H. The van der Waals surface area contributed by atoms with Gasteiger partial charge in [0.05, 0.1) is 12.5 Å². The van der Waals surface area contributed by atoms with Gasteiger partial charge in [-0.2, -0.15) is 13.2 Å². The Balaban J connectivity index is 0.00000300. The van der Waals surface area contributed by atoms with Crippen LogP contribution in [-0.2, 0) is 6.54 Å². The lowest BCUT2D eigenvalue weighted by molar-refractivity contribution is -0.183. The molecule has 1 aliphatic carbocycles. The molecule has 1 fully saturated rings. The maximum Gasteiger partial charge on any atom is 0.391 e. The molecule has 0 saturated heterocycles. The molecule has 0 spiro atoms. The molecule has 2 atom stereocenters. The first kappa shape index (κ1) is 23.8. The fourth-order valence-electron chi connectivity index (χ4n) is 3.80. The van der Waals surface area contributed by atoms with Gasteiger partial charge < -0.3 is 15.5 Å². The van der Waals surface area contributed by atoms with Crippen LogP contribution in [0, 0.1) is 5.92 Å². The summed E-state index contributed by atoms with van der Waals surface area (Å²) in [6, 6.07) is 8.10. The summed E-state index contributed by atoms with van der Waals surface area (Å²) < 4.78 is 39.1. The van der Waals surface area contributed by atoms with Crippen molar-refractivity contribution in [3.8, 4) is 0 Å². The third kappa shape index (κ3) is 7.08. The van der Waals surface area contributed by atoms with Gasteiger partial charge >= 0.3 is 6.18 Å². The summed E-state index contributed by atoms with van der Waals surface area (Å²) >= 11 is 0. The van der Waals surface area contributed by atoms with E-state index in [2.05, 4.69) is 56.9 Å². The molecule has 29 heavy (non-hydrogen) atoms. The van der Waals surface area contributed by atoms with Gasteiger partial charge in [0.25, 0.3) is 0 Å². The number of hydrogen-bond donors (Lipinski definition) is 2. The van der Waals surface area contributed by atoms with Gasteiger partial charge in [0, 0.05) is 31.4 Å². The Morgan fingerprint density at radius 3 is 2.45 bits per heavy atom. The molecule has 2 N–H and O–H groups in total. The van der Waals surface area contributed by atoms with E-state index in [0.717, 1.165) is 25.1 Å². The van der Waals surface area contributed by atoms with Crippen molar-refractivity contribution < 1.29 is 13.2 Å². The van der Waals surface area contributed by atoms with Crippen molar-refractivity contribution in [3.63, 3.8) is 0 Å². The molecule has 3 rings (SSSR count). The lowest BCUT2D eigenvalue weighted by Gasteiger charge is -2.31. The summed E-state index contributed by atoms with van der Waals surface area (Å²) in [6.07, 6.45) is 1.88. The number of alkyl halides is 3. The first-order chi connectivity index (χ1) is 13.5. The number of guanidine groups is 1. The number of benzene rings is 1. The zero-order chi connectivity index (χ0) is 20.0. The predicted octanol–water partition coefficient (Wildman–Crippen LogP) is 4.86. The molecule has 0 radical (unpaired) electrons. The summed E-state index contributed by atoms with van der Waals surface area (Å²) in [7, 11) is 0. The summed E-state index contributed by atoms with van der Waals surface area (Å²) in [6.45, 7) is 4.99. The van der Waals surface area contributed by atoms with E-state index >= 15 is 0 Å². The van der Waals surface area contributed by atoms with Crippen LogP contribution in [0.15, 0.2) is 41.4 Å². The van der Waals surface area contributed by atoms with Gasteiger partial charge in [-0.25, -0.2) is 4.99 Å². The summed E-state index contributed by atoms with van der Waals surface area (Å²) in [4.78, 5) is 6.86.